The van der Waals surface area contributed by atoms with Crippen LogP contribution in [0, 0.1) is 12.7 Å². The first-order valence-electron chi connectivity index (χ1n) is 6.16. The fourth-order valence-electron chi connectivity index (χ4n) is 1.60. The lowest BCUT2D eigenvalue weighted by Crippen LogP contribution is -2.24. The summed E-state index contributed by atoms with van der Waals surface area (Å²) < 4.78 is 13.7. The third-order valence-electron chi connectivity index (χ3n) is 2.67. The van der Waals surface area contributed by atoms with Crippen molar-refractivity contribution in [2.45, 2.75) is 6.92 Å². The molecule has 108 valence electrons. The highest BCUT2D eigenvalue weighted by molar-refractivity contribution is 9.10. The minimum atomic E-state index is -0.449. The van der Waals surface area contributed by atoms with Gasteiger partial charge in [-0.3, -0.25) is 0 Å². The topological polar surface area (TPSA) is 53.5 Å². The second-order valence-electron chi connectivity index (χ2n) is 4.34. The highest BCUT2D eigenvalue weighted by atomic mass is 79.9. The van der Waals surface area contributed by atoms with Crippen LogP contribution in [0.5, 0.6) is 0 Å². The Labute approximate surface area is 130 Å². The zero-order valence-electron chi connectivity index (χ0n) is 11.2. The molecule has 2 aromatic carbocycles. The molecule has 0 saturated carbocycles. The van der Waals surface area contributed by atoms with Crippen LogP contribution in [0.3, 0.4) is 0 Å². The average molecular weight is 350 g/mol. The third-order valence-corrected chi connectivity index (χ3v) is 3.56. The van der Waals surface area contributed by atoms with Gasteiger partial charge >= 0.3 is 6.03 Å². The molecule has 0 aliphatic rings. The molecule has 0 fully saturated rings. The number of amides is 2. The van der Waals surface area contributed by atoms with Gasteiger partial charge in [0.15, 0.2) is 0 Å². The third kappa shape index (κ3) is 4.68. The van der Waals surface area contributed by atoms with Gasteiger partial charge in [-0.2, -0.15) is 5.10 Å². The van der Waals surface area contributed by atoms with Gasteiger partial charge in [-0.15, -0.1) is 0 Å². The van der Waals surface area contributed by atoms with E-state index in [0.29, 0.717) is 11.3 Å². The molecule has 0 aromatic heterocycles. The van der Waals surface area contributed by atoms with Crippen molar-refractivity contribution in [2.75, 3.05) is 5.32 Å². The number of carbonyl (C=O) groups excluding carboxylic acids is 1. The summed E-state index contributed by atoms with van der Waals surface area (Å²) in [5.41, 5.74) is 4.72. The van der Waals surface area contributed by atoms with E-state index in [4.69, 9.17) is 0 Å². The normalized spacial score (nSPS) is 10.6. The van der Waals surface area contributed by atoms with Crippen LogP contribution in [0.25, 0.3) is 0 Å². The summed E-state index contributed by atoms with van der Waals surface area (Å²) in [6.45, 7) is 1.93. The summed E-state index contributed by atoms with van der Waals surface area (Å²) in [6.07, 6.45) is 1.44. The second-order valence-corrected chi connectivity index (χ2v) is 5.19. The van der Waals surface area contributed by atoms with Gasteiger partial charge < -0.3 is 5.32 Å². The quantitative estimate of drug-likeness (QED) is 0.637. The molecule has 0 bridgehead atoms. The summed E-state index contributed by atoms with van der Waals surface area (Å²) in [5, 5.41) is 6.45. The number of anilines is 1. The Hall–Kier alpha value is -2.21. The Morgan fingerprint density at radius 1 is 1.24 bits per heavy atom. The van der Waals surface area contributed by atoms with Crippen molar-refractivity contribution < 1.29 is 9.18 Å². The number of rotatable bonds is 3. The smallest absolute Gasteiger partial charge is 0.307 e. The molecule has 0 aliphatic heterocycles. The zero-order valence-corrected chi connectivity index (χ0v) is 12.8. The molecule has 0 radical (unpaired) electrons. The van der Waals surface area contributed by atoms with E-state index >= 15 is 0 Å². The monoisotopic (exact) mass is 349 g/mol. The molecule has 2 aromatic rings. The van der Waals surface area contributed by atoms with Crippen molar-refractivity contribution in [3.8, 4) is 0 Å². The SMILES string of the molecule is Cc1cc(NC(=O)N/N=C/c2ccc(F)cc2)ccc1Br. The summed E-state index contributed by atoms with van der Waals surface area (Å²) >= 11 is 3.39. The highest BCUT2D eigenvalue weighted by Crippen LogP contribution is 2.19. The molecule has 0 unspecified atom stereocenters. The van der Waals surface area contributed by atoms with Gasteiger partial charge in [0.05, 0.1) is 6.21 Å². The molecule has 2 N–H and O–H groups in total. The van der Waals surface area contributed by atoms with Crippen LogP contribution in [-0.4, -0.2) is 12.2 Å². The number of aryl methyl sites for hydroxylation is 1. The molecule has 2 amide bonds. The molecule has 0 aliphatic carbocycles. The Kier molecular flexibility index (Phi) is 5.05. The van der Waals surface area contributed by atoms with E-state index < -0.39 is 6.03 Å². The van der Waals surface area contributed by atoms with E-state index in [1.54, 1.807) is 18.2 Å². The summed E-state index contributed by atoms with van der Waals surface area (Å²) in [5.74, 6) is -0.316. The minimum absolute atomic E-state index is 0.316. The number of hydrogen-bond donors (Lipinski definition) is 2. The maximum absolute atomic E-state index is 12.7. The van der Waals surface area contributed by atoms with Crippen molar-refractivity contribution in [3.63, 3.8) is 0 Å². The molecular formula is C15H13BrFN3O. The van der Waals surface area contributed by atoms with E-state index in [1.165, 1.54) is 18.3 Å². The van der Waals surface area contributed by atoms with Crippen LogP contribution in [-0.2, 0) is 0 Å². The number of urea groups is 1. The maximum atomic E-state index is 12.7. The standard InChI is InChI=1S/C15H13BrFN3O/c1-10-8-13(6-7-14(10)16)19-15(21)20-18-9-11-2-4-12(17)5-3-11/h2-9H,1H3,(H2,19,20,21)/b18-9+. The van der Waals surface area contributed by atoms with Crippen LogP contribution in [0.1, 0.15) is 11.1 Å². The number of nitrogens with one attached hydrogen (secondary N) is 2. The van der Waals surface area contributed by atoms with Gasteiger partial charge in [0.25, 0.3) is 0 Å². The Morgan fingerprint density at radius 3 is 2.62 bits per heavy atom. The Bertz CT molecular complexity index is 671. The molecule has 2 rings (SSSR count). The molecule has 6 heteroatoms. The van der Waals surface area contributed by atoms with Crippen LogP contribution in [0.4, 0.5) is 14.9 Å². The maximum Gasteiger partial charge on any atom is 0.339 e. The van der Waals surface area contributed by atoms with Gasteiger partial charge in [0.1, 0.15) is 5.82 Å². The molecule has 4 nitrogen and oxygen atoms in total. The number of nitrogens with zero attached hydrogens (tertiary/aromatic N) is 1. The van der Waals surface area contributed by atoms with Gasteiger partial charge in [-0.1, -0.05) is 28.1 Å². The fraction of sp³-hybridized carbons (Fsp3) is 0.0667. The van der Waals surface area contributed by atoms with Gasteiger partial charge in [0, 0.05) is 10.2 Å². The molecule has 21 heavy (non-hydrogen) atoms. The lowest BCUT2D eigenvalue weighted by molar-refractivity contribution is 0.252. The van der Waals surface area contributed by atoms with Crippen molar-refractivity contribution in [2.24, 2.45) is 5.10 Å². The first-order valence-corrected chi connectivity index (χ1v) is 6.95. The first-order chi connectivity index (χ1) is 10.0. The second kappa shape index (κ2) is 6.99. The molecule has 0 heterocycles. The van der Waals surface area contributed by atoms with Crippen LogP contribution >= 0.6 is 15.9 Å². The van der Waals surface area contributed by atoms with Gasteiger partial charge in [-0.25, -0.2) is 14.6 Å². The highest BCUT2D eigenvalue weighted by Gasteiger charge is 2.01. The Morgan fingerprint density at radius 2 is 1.95 bits per heavy atom. The van der Waals surface area contributed by atoms with E-state index in [0.717, 1.165) is 10.0 Å². The average Bonchev–Trinajstić information content (AvgIpc) is 2.45. The van der Waals surface area contributed by atoms with Crippen molar-refractivity contribution >= 4 is 33.9 Å². The predicted molar refractivity (Wildman–Crippen MR) is 85.0 cm³/mol. The summed E-state index contributed by atoms with van der Waals surface area (Å²) in [7, 11) is 0. The molecular weight excluding hydrogens is 337 g/mol. The minimum Gasteiger partial charge on any atom is -0.307 e. The molecule has 0 spiro atoms. The van der Waals surface area contributed by atoms with E-state index in [2.05, 4.69) is 31.8 Å². The number of hydrazone groups is 1. The molecule has 0 atom stereocenters. The van der Waals surface area contributed by atoms with Crippen LogP contribution < -0.4 is 10.7 Å². The number of benzene rings is 2. The van der Waals surface area contributed by atoms with Crippen molar-refractivity contribution in [1.82, 2.24) is 5.43 Å². The first kappa shape index (κ1) is 15.2. The van der Waals surface area contributed by atoms with Crippen LogP contribution in [0.2, 0.25) is 0 Å². The molecule has 0 saturated heterocycles. The van der Waals surface area contributed by atoms with E-state index in [1.807, 2.05) is 19.1 Å². The predicted octanol–water partition coefficient (Wildman–Crippen LogP) is 4.05. The number of carbonyl (C=O) groups is 1. The van der Waals surface area contributed by atoms with E-state index in [-0.39, 0.29) is 5.82 Å². The lowest BCUT2D eigenvalue weighted by Gasteiger charge is -2.06. The van der Waals surface area contributed by atoms with Crippen LogP contribution in [0.15, 0.2) is 52.0 Å². The number of halogens is 2. The summed E-state index contributed by atoms with van der Waals surface area (Å²) in [4.78, 5) is 11.6. The summed E-state index contributed by atoms with van der Waals surface area (Å²) in [6, 6.07) is 10.8. The van der Waals surface area contributed by atoms with Gasteiger partial charge in [0.2, 0.25) is 0 Å². The fourth-order valence-corrected chi connectivity index (χ4v) is 1.84. The number of hydrogen-bond acceptors (Lipinski definition) is 2. The van der Waals surface area contributed by atoms with Crippen molar-refractivity contribution in [3.05, 3.63) is 63.9 Å². The zero-order chi connectivity index (χ0) is 15.2. The Balaban J connectivity index is 1.89. The van der Waals surface area contributed by atoms with E-state index in [9.17, 15) is 9.18 Å². The van der Waals surface area contributed by atoms with Crippen molar-refractivity contribution in [1.29, 1.82) is 0 Å². The lowest BCUT2D eigenvalue weighted by atomic mass is 10.2. The largest absolute Gasteiger partial charge is 0.339 e. The van der Waals surface area contributed by atoms with Gasteiger partial charge in [-0.05, 0) is 48.4 Å².